The lowest BCUT2D eigenvalue weighted by atomic mass is 10.2. The molecular formula is C18H17BrN2O2S. The zero-order chi connectivity index (χ0) is 17.1. The number of anilines is 1. The van der Waals surface area contributed by atoms with Gasteiger partial charge in [-0.25, -0.2) is 0 Å². The maximum Gasteiger partial charge on any atom is 0.238 e. The average Bonchev–Trinajstić information content (AvgIpc) is 2.57. The molecule has 1 aliphatic rings. The fraction of sp³-hybridized carbons (Fsp3) is 0.222. The monoisotopic (exact) mass is 404 g/mol. The molecule has 1 heterocycles. The van der Waals surface area contributed by atoms with E-state index < -0.39 is 5.25 Å². The van der Waals surface area contributed by atoms with Gasteiger partial charge in [0.2, 0.25) is 11.8 Å². The summed E-state index contributed by atoms with van der Waals surface area (Å²) in [7, 11) is 1.76. The summed E-state index contributed by atoms with van der Waals surface area (Å²) in [6.07, 6.45) is 0.186. The van der Waals surface area contributed by atoms with Gasteiger partial charge in [0, 0.05) is 29.4 Å². The lowest BCUT2D eigenvalue weighted by Gasteiger charge is -2.25. The largest absolute Gasteiger partial charge is 0.341 e. The molecule has 124 valence electrons. The van der Waals surface area contributed by atoms with Crippen LogP contribution in [0.2, 0.25) is 0 Å². The smallest absolute Gasteiger partial charge is 0.238 e. The summed E-state index contributed by atoms with van der Waals surface area (Å²) in [5.41, 5.74) is 1.86. The molecule has 0 fully saturated rings. The second-order valence-electron chi connectivity index (χ2n) is 5.64. The highest BCUT2D eigenvalue weighted by molar-refractivity contribution is 9.10. The average molecular weight is 405 g/mol. The van der Waals surface area contributed by atoms with Gasteiger partial charge in [-0.15, -0.1) is 11.8 Å². The molecule has 24 heavy (non-hydrogen) atoms. The molecular weight excluding hydrogens is 388 g/mol. The third-order valence-electron chi connectivity index (χ3n) is 3.86. The predicted molar refractivity (Wildman–Crippen MR) is 99.9 cm³/mol. The summed E-state index contributed by atoms with van der Waals surface area (Å²) in [4.78, 5) is 27.4. The minimum Gasteiger partial charge on any atom is -0.341 e. The minimum atomic E-state index is -0.394. The van der Waals surface area contributed by atoms with Gasteiger partial charge in [0.1, 0.15) is 0 Å². The number of thioether (sulfide) groups is 1. The van der Waals surface area contributed by atoms with Crippen LogP contribution in [0.25, 0.3) is 0 Å². The van der Waals surface area contributed by atoms with Crippen LogP contribution in [0.4, 0.5) is 5.69 Å². The number of benzene rings is 2. The molecule has 1 unspecified atom stereocenters. The zero-order valence-corrected chi connectivity index (χ0v) is 15.6. The highest BCUT2D eigenvalue weighted by atomic mass is 79.9. The second kappa shape index (κ2) is 7.40. The predicted octanol–water partition coefficient (Wildman–Crippen LogP) is 3.91. The number of carbonyl (C=O) groups is 2. The van der Waals surface area contributed by atoms with Crippen molar-refractivity contribution in [3.05, 3.63) is 58.6 Å². The van der Waals surface area contributed by atoms with E-state index in [0.717, 1.165) is 20.6 Å². The molecule has 1 atom stereocenters. The number of para-hydroxylation sites is 1. The fourth-order valence-electron chi connectivity index (χ4n) is 2.51. The number of hydrogen-bond acceptors (Lipinski definition) is 3. The number of halogens is 1. The van der Waals surface area contributed by atoms with Gasteiger partial charge in [0.05, 0.1) is 10.9 Å². The summed E-state index contributed by atoms with van der Waals surface area (Å²) in [5, 5.41) is 2.48. The summed E-state index contributed by atoms with van der Waals surface area (Å²) in [6.45, 7) is 0.510. The van der Waals surface area contributed by atoms with E-state index in [0.29, 0.717) is 6.54 Å². The van der Waals surface area contributed by atoms with Crippen molar-refractivity contribution in [2.45, 2.75) is 23.1 Å². The van der Waals surface area contributed by atoms with Crippen LogP contribution >= 0.6 is 27.7 Å². The Kier molecular flexibility index (Phi) is 5.26. The SMILES string of the molecule is CN(Cc1ccccc1Br)C(=O)CC1Sc2ccccc2NC1=O. The minimum absolute atomic E-state index is 0.0437. The molecule has 6 heteroatoms. The van der Waals surface area contributed by atoms with E-state index in [4.69, 9.17) is 0 Å². The Morgan fingerprint density at radius 3 is 2.71 bits per heavy atom. The third kappa shape index (κ3) is 3.82. The maximum atomic E-state index is 12.5. The molecule has 4 nitrogen and oxygen atoms in total. The number of nitrogens with zero attached hydrogens (tertiary/aromatic N) is 1. The number of fused-ring (bicyclic) bond motifs is 1. The van der Waals surface area contributed by atoms with Gasteiger partial charge >= 0.3 is 0 Å². The summed E-state index contributed by atoms with van der Waals surface area (Å²) in [5.74, 6) is -0.154. The van der Waals surface area contributed by atoms with Gasteiger partial charge in [-0.1, -0.05) is 46.3 Å². The van der Waals surface area contributed by atoms with E-state index in [-0.39, 0.29) is 18.2 Å². The Hall–Kier alpha value is -1.79. The molecule has 1 N–H and O–H groups in total. The third-order valence-corrected chi connectivity index (χ3v) is 5.91. The molecule has 0 saturated carbocycles. The lowest BCUT2D eigenvalue weighted by molar-refractivity contribution is -0.131. The Bertz CT molecular complexity index is 781. The van der Waals surface area contributed by atoms with Crippen molar-refractivity contribution in [3.63, 3.8) is 0 Å². The van der Waals surface area contributed by atoms with Crippen LogP contribution in [0.5, 0.6) is 0 Å². The van der Waals surface area contributed by atoms with Gasteiger partial charge in [0.15, 0.2) is 0 Å². The second-order valence-corrected chi connectivity index (χ2v) is 7.74. The van der Waals surface area contributed by atoms with E-state index in [9.17, 15) is 9.59 Å². The van der Waals surface area contributed by atoms with Crippen LogP contribution in [0, 0.1) is 0 Å². The van der Waals surface area contributed by atoms with Crippen molar-refractivity contribution in [2.24, 2.45) is 0 Å². The number of carbonyl (C=O) groups excluding carboxylic acids is 2. The normalized spacial score (nSPS) is 16.2. The van der Waals surface area contributed by atoms with Crippen molar-refractivity contribution in [3.8, 4) is 0 Å². The summed E-state index contributed by atoms with van der Waals surface area (Å²) < 4.78 is 0.975. The van der Waals surface area contributed by atoms with Crippen LogP contribution < -0.4 is 5.32 Å². The summed E-state index contributed by atoms with van der Waals surface area (Å²) >= 11 is 4.95. The van der Waals surface area contributed by atoms with Crippen molar-refractivity contribution < 1.29 is 9.59 Å². The van der Waals surface area contributed by atoms with E-state index in [2.05, 4.69) is 21.2 Å². The number of nitrogens with one attached hydrogen (secondary N) is 1. The first-order chi connectivity index (χ1) is 11.5. The Morgan fingerprint density at radius 2 is 1.92 bits per heavy atom. The molecule has 0 radical (unpaired) electrons. The number of hydrogen-bond donors (Lipinski definition) is 1. The maximum absolute atomic E-state index is 12.5. The zero-order valence-electron chi connectivity index (χ0n) is 13.2. The first-order valence-corrected chi connectivity index (χ1v) is 9.26. The van der Waals surface area contributed by atoms with E-state index in [1.54, 1.807) is 11.9 Å². The summed E-state index contributed by atoms with van der Waals surface area (Å²) in [6, 6.07) is 15.5. The molecule has 2 aromatic carbocycles. The van der Waals surface area contributed by atoms with E-state index >= 15 is 0 Å². The van der Waals surface area contributed by atoms with Gasteiger partial charge in [-0.05, 0) is 23.8 Å². The Balaban J connectivity index is 1.64. The van der Waals surface area contributed by atoms with Crippen LogP contribution in [-0.4, -0.2) is 29.0 Å². The molecule has 2 amide bonds. The Morgan fingerprint density at radius 1 is 1.21 bits per heavy atom. The molecule has 2 aromatic rings. The van der Waals surface area contributed by atoms with Crippen LogP contribution in [0.3, 0.4) is 0 Å². The number of amides is 2. The van der Waals surface area contributed by atoms with Crippen LogP contribution in [0.1, 0.15) is 12.0 Å². The van der Waals surface area contributed by atoms with Crippen molar-refractivity contribution in [1.29, 1.82) is 0 Å². The lowest BCUT2D eigenvalue weighted by Crippen LogP contribution is -2.35. The van der Waals surface area contributed by atoms with Crippen molar-refractivity contribution in [1.82, 2.24) is 4.90 Å². The van der Waals surface area contributed by atoms with Crippen molar-refractivity contribution in [2.75, 3.05) is 12.4 Å². The van der Waals surface area contributed by atoms with E-state index in [1.807, 2.05) is 48.5 Å². The Labute approximate surface area is 153 Å². The molecule has 0 saturated heterocycles. The first kappa shape index (κ1) is 17.0. The number of rotatable bonds is 4. The van der Waals surface area contributed by atoms with Gasteiger partial charge in [-0.3, -0.25) is 9.59 Å². The van der Waals surface area contributed by atoms with Crippen molar-refractivity contribution >= 4 is 45.2 Å². The van der Waals surface area contributed by atoms with Crippen LogP contribution in [-0.2, 0) is 16.1 Å². The molecule has 3 rings (SSSR count). The van der Waals surface area contributed by atoms with Gasteiger partial charge < -0.3 is 10.2 Å². The highest BCUT2D eigenvalue weighted by Crippen LogP contribution is 2.36. The van der Waals surface area contributed by atoms with Gasteiger partial charge in [0.25, 0.3) is 0 Å². The molecule has 0 bridgehead atoms. The first-order valence-electron chi connectivity index (χ1n) is 7.58. The highest BCUT2D eigenvalue weighted by Gasteiger charge is 2.29. The van der Waals surface area contributed by atoms with Gasteiger partial charge in [-0.2, -0.15) is 0 Å². The standard InChI is InChI=1S/C18H17BrN2O2S/c1-21(11-12-6-2-3-7-13(12)19)17(22)10-16-18(23)20-14-8-4-5-9-15(14)24-16/h2-9,16H,10-11H2,1H3,(H,20,23). The quantitative estimate of drug-likeness (QED) is 0.839. The molecule has 0 aromatic heterocycles. The topological polar surface area (TPSA) is 49.4 Å². The van der Waals surface area contributed by atoms with Crippen LogP contribution in [0.15, 0.2) is 57.9 Å². The molecule has 1 aliphatic heterocycles. The van der Waals surface area contributed by atoms with E-state index in [1.165, 1.54) is 11.8 Å². The fourth-order valence-corrected chi connectivity index (χ4v) is 4.02. The molecule has 0 spiro atoms. The molecule has 0 aliphatic carbocycles.